The maximum absolute atomic E-state index is 13.5. The molecule has 11 aromatic rings. The number of ketones is 1. The Kier molecular flexibility index (Phi) is 11.2. The third kappa shape index (κ3) is 7.79. The van der Waals surface area contributed by atoms with Gasteiger partial charge in [-0.05, 0) is 104 Å². The summed E-state index contributed by atoms with van der Waals surface area (Å²) in [7, 11) is -2.42. The normalized spacial score (nSPS) is 11.8. The lowest BCUT2D eigenvalue weighted by Crippen LogP contribution is -2.06. The molecule has 1 heterocycles. The molecule has 0 bridgehead atoms. The van der Waals surface area contributed by atoms with Gasteiger partial charge in [0.15, 0.2) is 5.78 Å². The summed E-state index contributed by atoms with van der Waals surface area (Å²) in [5.74, 6) is 1.22. The zero-order chi connectivity index (χ0) is 43.7. The molecule has 312 valence electrons. The fourth-order valence-corrected chi connectivity index (χ4v) is 10.6. The van der Waals surface area contributed by atoms with Crippen LogP contribution in [-0.2, 0) is 6.66 Å². The highest BCUT2D eigenvalue weighted by Crippen LogP contribution is 2.48. The molecule has 11 rings (SSSR count). The average molecular weight is 871 g/mol. The molecular weight excluding hydrogens is 827 g/mol. The summed E-state index contributed by atoms with van der Waals surface area (Å²) < 4.78 is 25.3. The van der Waals surface area contributed by atoms with Gasteiger partial charge in [-0.15, -0.1) is 0 Å². The number of para-hydroxylation sites is 1. The second kappa shape index (κ2) is 17.5. The fraction of sp³-hybridized carbons (Fsp3) is 0.0702. The van der Waals surface area contributed by atoms with Crippen LogP contribution < -0.4 is 9.05 Å². The number of hydrogen-bond acceptors (Lipinski definition) is 5. The van der Waals surface area contributed by atoms with Crippen molar-refractivity contribution in [3.63, 3.8) is 0 Å². The van der Waals surface area contributed by atoms with Crippen molar-refractivity contribution in [1.29, 1.82) is 0 Å². The van der Waals surface area contributed by atoms with Crippen LogP contribution in [0.5, 0.6) is 11.5 Å². The Morgan fingerprint density at radius 3 is 1.47 bits per heavy atom. The Balaban J connectivity index is 0.000000171. The van der Waals surface area contributed by atoms with Gasteiger partial charge in [-0.3, -0.25) is 4.79 Å². The summed E-state index contributed by atoms with van der Waals surface area (Å²) in [6.45, 7) is 8.02. The second-order valence-corrected chi connectivity index (χ2v) is 18.3. The summed E-state index contributed by atoms with van der Waals surface area (Å²) in [5.41, 5.74) is 7.31. The van der Waals surface area contributed by atoms with Gasteiger partial charge in [-0.25, -0.2) is 0 Å². The first-order valence-electron chi connectivity index (χ1n) is 21.3. The van der Waals surface area contributed by atoms with E-state index in [0.29, 0.717) is 16.9 Å². The molecule has 0 radical (unpaired) electrons. The summed E-state index contributed by atoms with van der Waals surface area (Å²) in [6.07, 6.45) is 0. The van der Waals surface area contributed by atoms with Crippen LogP contribution in [0.15, 0.2) is 203 Å². The Hall–Kier alpha value is -7.16. The molecule has 10 aromatic carbocycles. The first-order chi connectivity index (χ1) is 31.3. The van der Waals surface area contributed by atoms with E-state index in [4.69, 9.17) is 17.4 Å². The van der Waals surface area contributed by atoms with Crippen molar-refractivity contribution < 1.29 is 22.2 Å². The van der Waals surface area contributed by atoms with E-state index in [9.17, 15) is 4.79 Å². The highest BCUT2D eigenvalue weighted by atomic mass is 31.2. The SMILES string of the molecule is Cc1ccccc1C(=O)c1ccccc1OP(C)Oc1ccc2ccccc2c1-c1c(C)ccc2ccccc12.Cp1oc2ccc3ccccc3c2c2c(ccc3ccccc32)o1. The molecule has 0 aliphatic rings. The van der Waals surface area contributed by atoms with Crippen molar-refractivity contribution >= 4 is 87.2 Å². The molecule has 1 aromatic heterocycles. The van der Waals surface area contributed by atoms with E-state index in [0.717, 1.165) is 55.2 Å². The zero-order valence-electron chi connectivity index (χ0n) is 35.9. The van der Waals surface area contributed by atoms with Crippen molar-refractivity contribution in [2.24, 2.45) is 6.66 Å². The van der Waals surface area contributed by atoms with E-state index < -0.39 is 16.4 Å². The van der Waals surface area contributed by atoms with Crippen LogP contribution in [0.3, 0.4) is 0 Å². The third-order valence-electron chi connectivity index (χ3n) is 11.7. The molecule has 0 aliphatic heterocycles. The van der Waals surface area contributed by atoms with Crippen LogP contribution in [-0.4, -0.2) is 12.4 Å². The molecule has 0 saturated heterocycles. The lowest BCUT2D eigenvalue weighted by molar-refractivity contribution is 0.103. The van der Waals surface area contributed by atoms with Crippen molar-refractivity contribution in [2.45, 2.75) is 13.8 Å². The highest BCUT2D eigenvalue weighted by molar-refractivity contribution is 7.47. The standard InChI is InChI=1S/C36H29O3P.C21H15O2P/c1-24-12-4-7-15-28(24)36(37)31-18-10-11-19-32(31)38-40(3)39-33-23-22-27-14-6-9-17-30(27)35(33)34-25(2)20-21-26-13-5-8-16-29(26)34;1-24-22-18-12-10-14-6-2-4-8-16(14)20(18)21-17-9-5-3-7-15(17)11-13-19(21)23-24/h4-23H,1-3H3;2-13H,1H3. The maximum Gasteiger partial charge on any atom is 0.287 e. The van der Waals surface area contributed by atoms with Crippen LogP contribution in [0.2, 0.25) is 0 Å². The van der Waals surface area contributed by atoms with Crippen molar-refractivity contribution in [1.82, 2.24) is 0 Å². The van der Waals surface area contributed by atoms with Gasteiger partial charge in [-0.2, -0.15) is 0 Å². The number of benzene rings is 10. The Bertz CT molecular complexity index is 3510. The molecule has 64 heavy (non-hydrogen) atoms. The number of fused-ring (bicyclic) bond motifs is 9. The topological polar surface area (TPSA) is 61.8 Å². The van der Waals surface area contributed by atoms with Crippen LogP contribution >= 0.6 is 16.4 Å². The minimum Gasteiger partial charge on any atom is -0.438 e. The maximum atomic E-state index is 13.5. The van der Waals surface area contributed by atoms with Gasteiger partial charge in [0, 0.05) is 35.2 Å². The first-order valence-corrected chi connectivity index (χ1v) is 24.5. The van der Waals surface area contributed by atoms with E-state index in [1.165, 1.54) is 37.9 Å². The van der Waals surface area contributed by atoms with Crippen LogP contribution in [0.1, 0.15) is 27.0 Å². The summed E-state index contributed by atoms with van der Waals surface area (Å²) >= 11 is 0. The second-order valence-electron chi connectivity index (χ2n) is 15.8. The van der Waals surface area contributed by atoms with Gasteiger partial charge >= 0.3 is 0 Å². The van der Waals surface area contributed by atoms with Gasteiger partial charge in [0.05, 0.1) is 5.56 Å². The molecule has 0 saturated carbocycles. The number of rotatable bonds is 7. The van der Waals surface area contributed by atoms with Gasteiger partial charge in [-0.1, -0.05) is 164 Å². The summed E-state index contributed by atoms with van der Waals surface area (Å²) in [5, 5.41) is 11.7. The van der Waals surface area contributed by atoms with Crippen LogP contribution in [0.25, 0.3) is 76.2 Å². The van der Waals surface area contributed by atoms with E-state index in [-0.39, 0.29) is 5.78 Å². The van der Waals surface area contributed by atoms with Crippen molar-refractivity contribution in [2.75, 3.05) is 6.66 Å². The summed E-state index contributed by atoms with van der Waals surface area (Å²) in [6, 6.07) is 65.6. The smallest absolute Gasteiger partial charge is 0.287 e. The molecule has 1 unspecified atom stereocenters. The Morgan fingerprint density at radius 1 is 0.438 bits per heavy atom. The lowest BCUT2D eigenvalue weighted by atomic mass is 9.90. The molecular formula is C57H44O5P2. The van der Waals surface area contributed by atoms with E-state index in [2.05, 4.69) is 146 Å². The van der Waals surface area contributed by atoms with Crippen LogP contribution in [0.4, 0.5) is 0 Å². The fourth-order valence-electron chi connectivity index (χ4n) is 8.77. The Labute approximate surface area is 374 Å². The molecule has 1 atom stereocenters. The molecule has 7 heteroatoms. The highest BCUT2D eigenvalue weighted by Gasteiger charge is 2.22. The number of hydrogen-bond donors (Lipinski definition) is 0. The minimum atomic E-state index is -1.42. The number of carbonyl (C=O) groups is 1. The molecule has 0 fully saturated rings. The minimum absolute atomic E-state index is 0.0603. The van der Waals surface area contributed by atoms with Crippen molar-refractivity contribution in [3.8, 4) is 22.6 Å². The van der Waals surface area contributed by atoms with E-state index in [1.807, 2.05) is 74.9 Å². The predicted molar refractivity (Wildman–Crippen MR) is 269 cm³/mol. The molecule has 0 amide bonds. The van der Waals surface area contributed by atoms with Gasteiger partial charge in [0.2, 0.25) is 8.01 Å². The molecule has 0 N–H and O–H groups in total. The van der Waals surface area contributed by atoms with E-state index in [1.54, 1.807) is 0 Å². The van der Waals surface area contributed by atoms with Gasteiger partial charge in [0.1, 0.15) is 22.7 Å². The average Bonchev–Trinajstić information content (AvgIpc) is 3.48. The van der Waals surface area contributed by atoms with E-state index >= 15 is 0 Å². The quantitative estimate of drug-likeness (QED) is 0.118. The Morgan fingerprint density at radius 2 is 0.875 bits per heavy atom. The number of aryl methyl sites for hydroxylation is 3. The van der Waals surface area contributed by atoms with Crippen LogP contribution in [0, 0.1) is 13.8 Å². The lowest BCUT2D eigenvalue weighted by Gasteiger charge is -2.21. The monoisotopic (exact) mass is 870 g/mol. The van der Waals surface area contributed by atoms with Gasteiger partial charge in [0.25, 0.3) is 8.38 Å². The van der Waals surface area contributed by atoms with Gasteiger partial charge < -0.3 is 17.4 Å². The molecule has 0 spiro atoms. The van der Waals surface area contributed by atoms with Crippen molar-refractivity contribution in [3.05, 3.63) is 216 Å². The number of carbonyl (C=O) groups excluding carboxylic acids is 1. The molecule has 0 aliphatic carbocycles. The predicted octanol–water partition coefficient (Wildman–Crippen LogP) is 17.0. The first kappa shape index (κ1) is 40.9. The molecule has 5 nitrogen and oxygen atoms in total. The zero-order valence-corrected chi connectivity index (χ0v) is 37.7. The third-order valence-corrected chi connectivity index (χ3v) is 13.6. The summed E-state index contributed by atoms with van der Waals surface area (Å²) in [4.78, 5) is 13.5. The largest absolute Gasteiger partial charge is 0.438 e.